The van der Waals surface area contributed by atoms with Crippen LogP contribution in [0, 0.1) is 0 Å². The zero-order valence-corrected chi connectivity index (χ0v) is 11.4. The predicted octanol–water partition coefficient (Wildman–Crippen LogP) is -1.25. The molecular formula is C12H22N2O5. The minimum absolute atomic E-state index is 0.161. The Labute approximate surface area is 112 Å². The van der Waals surface area contributed by atoms with Gasteiger partial charge in [-0.2, -0.15) is 0 Å². The fourth-order valence-electron chi connectivity index (χ4n) is 1.80. The number of piperidine rings is 1. The second-order valence-electron chi connectivity index (χ2n) is 4.51. The summed E-state index contributed by atoms with van der Waals surface area (Å²) >= 11 is 0. The highest BCUT2D eigenvalue weighted by Gasteiger charge is 2.31. The number of carbonyl (C=O) groups excluding carboxylic acids is 2. The molecule has 7 heteroatoms. The quantitative estimate of drug-likeness (QED) is 0.425. The number of aliphatic hydroxyl groups is 1. The molecule has 2 atom stereocenters. The fourth-order valence-corrected chi connectivity index (χ4v) is 1.80. The number of imide groups is 1. The molecule has 19 heavy (non-hydrogen) atoms. The Morgan fingerprint density at radius 2 is 2.21 bits per heavy atom. The highest BCUT2D eigenvalue weighted by Crippen LogP contribution is 2.11. The molecule has 110 valence electrons. The molecule has 0 radical (unpaired) electrons. The van der Waals surface area contributed by atoms with Crippen molar-refractivity contribution in [3.63, 3.8) is 0 Å². The van der Waals surface area contributed by atoms with Gasteiger partial charge in [-0.1, -0.05) is 0 Å². The summed E-state index contributed by atoms with van der Waals surface area (Å²) in [4.78, 5) is 24.2. The van der Waals surface area contributed by atoms with Gasteiger partial charge in [-0.15, -0.1) is 0 Å². The van der Waals surface area contributed by atoms with Crippen molar-refractivity contribution >= 4 is 11.8 Å². The van der Waals surface area contributed by atoms with Gasteiger partial charge in [-0.05, 0) is 6.42 Å². The Morgan fingerprint density at radius 1 is 1.47 bits per heavy atom. The van der Waals surface area contributed by atoms with Crippen LogP contribution in [0.1, 0.15) is 12.8 Å². The number of carbonyl (C=O) groups is 2. The van der Waals surface area contributed by atoms with Crippen LogP contribution in [-0.2, 0) is 19.1 Å². The molecule has 2 amide bonds. The summed E-state index contributed by atoms with van der Waals surface area (Å²) in [6.07, 6.45) is 0.132. The van der Waals surface area contributed by atoms with E-state index in [2.05, 4.69) is 5.32 Å². The van der Waals surface area contributed by atoms with E-state index in [1.54, 1.807) is 7.11 Å². The van der Waals surface area contributed by atoms with Crippen molar-refractivity contribution < 1.29 is 24.2 Å². The molecule has 2 unspecified atom stereocenters. The lowest BCUT2D eigenvalue weighted by Crippen LogP contribution is -2.53. The second-order valence-corrected chi connectivity index (χ2v) is 4.51. The van der Waals surface area contributed by atoms with Gasteiger partial charge in [0.2, 0.25) is 11.8 Å². The molecule has 0 aromatic rings. The van der Waals surface area contributed by atoms with Gasteiger partial charge in [0, 0.05) is 27.1 Å². The van der Waals surface area contributed by atoms with Crippen molar-refractivity contribution in [2.24, 2.45) is 0 Å². The summed E-state index contributed by atoms with van der Waals surface area (Å²) in [5.41, 5.74) is 0. The molecule has 7 nitrogen and oxygen atoms in total. The molecule has 0 bridgehead atoms. The van der Waals surface area contributed by atoms with Crippen LogP contribution in [0.25, 0.3) is 0 Å². The lowest BCUT2D eigenvalue weighted by molar-refractivity contribution is -0.148. The number of amides is 2. The minimum atomic E-state index is -0.687. The summed E-state index contributed by atoms with van der Waals surface area (Å²) in [5.74, 6) is -0.407. The number of likely N-dealkylation sites (N-methyl/N-ethyl adjacent to an activating group) is 1. The van der Waals surface area contributed by atoms with Crippen molar-refractivity contribution in [1.82, 2.24) is 10.2 Å². The first-order valence-corrected chi connectivity index (χ1v) is 6.34. The van der Waals surface area contributed by atoms with Crippen LogP contribution in [0.15, 0.2) is 0 Å². The molecule has 0 spiro atoms. The first kappa shape index (κ1) is 16.0. The zero-order chi connectivity index (χ0) is 14.3. The molecule has 1 aliphatic rings. The Balaban J connectivity index is 2.21. The lowest BCUT2D eigenvalue weighted by Gasteiger charge is -2.28. The van der Waals surface area contributed by atoms with Gasteiger partial charge < -0.3 is 19.9 Å². The maximum absolute atomic E-state index is 11.8. The number of nitrogens with zero attached hydrogens (tertiary/aromatic N) is 1. The van der Waals surface area contributed by atoms with Gasteiger partial charge in [0.25, 0.3) is 0 Å². The molecule has 1 heterocycles. The number of likely N-dealkylation sites (tertiary alicyclic amines) is 1. The molecule has 1 rings (SSSR count). The van der Waals surface area contributed by atoms with Gasteiger partial charge in [0.05, 0.1) is 32.0 Å². The standard InChI is InChI=1S/C12H22N2O5/c1-14-11(16)4-3-10(12(14)17)13-7-9(15)8-19-6-5-18-2/h9-10,13,15H,3-8H2,1-2H3. The van der Waals surface area contributed by atoms with E-state index >= 15 is 0 Å². The first-order valence-electron chi connectivity index (χ1n) is 6.34. The predicted molar refractivity (Wildman–Crippen MR) is 67.5 cm³/mol. The molecule has 0 aliphatic carbocycles. The number of rotatable bonds is 8. The Hall–Kier alpha value is -1.02. The number of methoxy groups -OCH3 is 1. The molecule has 1 saturated heterocycles. The summed E-state index contributed by atoms with van der Waals surface area (Å²) in [6.45, 7) is 1.35. The fraction of sp³-hybridized carbons (Fsp3) is 0.833. The summed E-state index contributed by atoms with van der Waals surface area (Å²) in [6, 6.07) is -0.406. The van der Waals surface area contributed by atoms with E-state index in [0.29, 0.717) is 26.1 Å². The Morgan fingerprint density at radius 3 is 2.89 bits per heavy atom. The van der Waals surface area contributed by atoms with Crippen molar-refractivity contribution in [1.29, 1.82) is 0 Å². The van der Waals surface area contributed by atoms with Crippen molar-refractivity contribution in [3.05, 3.63) is 0 Å². The van der Waals surface area contributed by atoms with E-state index in [0.717, 1.165) is 4.90 Å². The molecule has 0 aromatic carbocycles. The number of aliphatic hydroxyl groups excluding tert-OH is 1. The summed E-state index contributed by atoms with van der Waals surface area (Å²) < 4.78 is 9.99. The molecule has 1 fully saturated rings. The average Bonchev–Trinajstić information content (AvgIpc) is 2.40. The van der Waals surface area contributed by atoms with Crippen molar-refractivity contribution in [2.45, 2.75) is 25.0 Å². The van der Waals surface area contributed by atoms with Gasteiger partial charge in [0.1, 0.15) is 0 Å². The van der Waals surface area contributed by atoms with Crippen molar-refractivity contribution in [2.75, 3.05) is 40.5 Å². The minimum Gasteiger partial charge on any atom is -0.389 e. The number of nitrogens with one attached hydrogen (secondary N) is 1. The Bertz CT molecular complexity index is 310. The summed E-state index contributed by atoms with van der Waals surface area (Å²) in [7, 11) is 3.05. The van der Waals surface area contributed by atoms with Gasteiger partial charge >= 0.3 is 0 Å². The summed E-state index contributed by atoms with van der Waals surface area (Å²) in [5, 5.41) is 12.6. The third-order valence-corrected chi connectivity index (χ3v) is 2.99. The van der Waals surface area contributed by atoms with Crippen LogP contribution in [-0.4, -0.2) is 74.5 Å². The second kappa shape index (κ2) is 8.21. The molecule has 0 saturated carbocycles. The van der Waals surface area contributed by atoms with Gasteiger partial charge in [-0.3, -0.25) is 14.5 Å². The molecular weight excluding hydrogens is 252 g/mol. The van der Waals surface area contributed by atoms with E-state index in [4.69, 9.17) is 9.47 Å². The SMILES string of the molecule is COCCOCC(O)CNC1CCC(=O)N(C)C1=O. The van der Waals surface area contributed by atoms with E-state index < -0.39 is 12.1 Å². The van der Waals surface area contributed by atoms with E-state index in [-0.39, 0.29) is 25.0 Å². The van der Waals surface area contributed by atoms with Gasteiger partial charge in [-0.25, -0.2) is 0 Å². The zero-order valence-electron chi connectivity index (χ0n) is 11.4. The number of hydrogen-bond acceptors (Lipinski definition) is 6. The third kappa shape index (κ3) is 5.23. The number of ether oxygens (including phenoxy) is 2. The van der Waals surface area contributed by atoms with Crippen LogP contribution < -0.4 is 5.32 Å². The van der Waals surface area contributed by atoms with Gasteiger partial charge in [0.15, 0.2) is 0 Å². The smallest absolute Gasteiger partial charge is 0.246 e. The maximum Gasteiger partial charge on any atom is 0.246 e. The van der Waals surface area contributed by atoms with E-state index in [1.165, 1.54) is 7.05 Å². The van der Waals surface area contributed by atoms with Crippen LogP contribution >= 0.6 is 0 Å². The number of hydrogen-bond donors (Lipinski definition) is 2. The largest absolute Gasteiger partial charge is 0.389 e. The monoisotopic (exact) mass is 274 g/mol. The lowest BCUT2D eigenvalue weighted by atomic mass is 10.0. The molecule has 2 N–H and O–H groups in total. The van der Waals surface area contributed by atoms with Crippen LogP contribution in [0.4, 0.5) is 0 Å². The highest BCUT2D eigenvalue weighted by molar-refractivity contribution is 6.00. The van der Waals surface area contributed by atoms with Crippen LogP contribution in [0.5, 0.6) is 0 Å². The molecule has 0 aromatic heterocycles. The third-order valence-electron chi connectivity index (χ3n) is 2.99. The Kier molecular flexibility index (Phi) is 6.93. The normalized spacial score (nSPS) is 21.8. The van der Waals surface area contributed by atoms with Crippen LogP contribution in [0.2, 0.25) is 0 Å². The topological polar surface area (TPSA) is 88.1 Å². The van der Waals surface area contributed by atoms with E-state index in [1.807, 2.05) is 0 Å². The maximum atomic E-state index is 11.8. The van der Waals surface area contributed by atoms with Crippen LogP contribution in [0.3, 0.4) is 0 Å². The van der Waals surface area contributed by atoms with E-state index in [9.17, 15) is 14.7 Å². The molecule has 1 aliphatic heterocycles. The van der Waals surface area contributed by atoms with Crippen molar-refractivity contribution in [3.8, 4) is 0 Å². The highest BCUT2D eigenvalue weighted by atomic mass is 16.5. The average molecular weight is 274 g/mol. The first-order chi connectivity index (χ1) is 9.06.